The number of rotatable bonds is 6. The van der Waals surface area contributed by atoms with Crippen LogP contribution >= 0.6 is 23.1 Å². The van der Waals surface area contributed by atoms with Crippen LogP contribution in [-0.2, 0) is 11.3 Å². The van der Waals surface area contributed by atoms with Gasteiger partial charge in [0.15, 0.2) is 15.8 Å². The molecule has 9 heteroatoms. The summed E-state index contributed by atoms with van der Waals surface area (Å²) >= 11 is 3.20. The fourth-order valence-electron chi connectivity index (χ4n) is 2.30. The van der Waals surface area contributed by atoms with E-state index >= 15 is 0 Å². The molecule has 3 rings (SSSR count). The van der Waals surface area contributed by atoms with E-state index in [2.05, 4.69) is 25.4 Å². The second-order valence-electron chi connectivity index (χ2n) is 4.95. The molecule has 0 aliphatic carbocycles. The first kappa shape index (κ1) is 16.2. The van der Waals surface area contributed by atoms with Crippen molar-refractivity contribution in [2.24, 2.45) is 0 Å². The van der Waals surface area contributed by atoms with Crippen molar-refractivity contribution in [2.75, 3.05) is 25.3 Å². The Morgan fingerprint density at radius 3 is 2.91 bits per heavy atom. The van der Waals surface area contributed by atoms with Crippen molar-refractivity contribution in [3.63, 3.8) is 0 Å². The Bertz CT molecular complexity index is 828. The third-order valence-corrected chi connectivity index (χ3v) is 5.51. The van der Waals surface area contributed by atoms with E-state index in [1.54, 1.807) is 30.2 Å². The monoisotopic (exact) mass is 350 g/mol. The number of nitrogens with zero attached hydrogens (tertiary/aromatic N) is 5. The van der Waals surface area contributed by atoms with E-state index in [9.17, 15) is 0 Å². The Hall–Kier alpha value is -1.71. The smallest absolute Gasteiger partial charge is 0.176 e. The third-order valence-electron chi connectivity index (χ3n) is 3.48. The lowest BCUT2D eigenvalue weighted by molar-refractivity contribution is 0.182. The molecule has 0 amide bonds. The molecule has 0 aromatic carbocycles. The third kappa shape index (κ3) is 3.17. The van der Waals surface area contributed by atoms with Gasteiger partial charge in [-0.15, -0.1) is 11.3 Å². The SMILES string of the molecule is COCCn1nc(C)c(Nc2ncnc3nc(SC)sc23)c1C. The highest BCUT2D eigenvalue weighted by atomic mass is 32.2. The largest absolute Gasteiger partial charge is 0.383 e. The normalized spacial score (nSPS) is 11.3. The first-order chi connectivity index (χ1) is 11.1. The molecule has 0 bridgehead atoms. The summed E-state index contributed by atoms with van der Waals surface area (Å²) in [5.74, 6) is 0.769. The van der Waals surface area contributed by atoms with E-state index in [1.807, 2.05) is 24.8 Å². The van der Waals surface area contributed by atoms with Crippen LogP contribution in [0.15, 0.2) is 10.7 Å². The van der Waals surface area contributed by atoms with Crippen LogP contribution in [0.3, 0.4) is 0 Å². The number of anilines is 2. The van der Waals surface area contributed by atoms with Crippen molar-refractivity contribution >= 4 is 45.0 Å². The summed E-state index contributed by atoms with van der Waals surface area (Å²) in [6.07, 6.45) is 3.54. The van der Waals surface area contributed by atoms with Gasteiger partial charge in [0.25, 0.3) is 0 Å². The molecule has 3 aromatic heterocycles. The molecule has 3 aromatic rings. The average molecular weight is 350 g/mol. The van der Waals surface area contributed by atoms with Gasteiger partial charge in [0.2, 0.25) is 0 Å². The van der Waals surface area contributed by atoms with Gasteiger partial charge in [0.1, 0.15) is 11.0 Å². The van der Waals surface area contributed by atoms with Crippen LogP contribution in [0.2, 0.25) is 0 Å². The molecule has 0 aliphatic rings. The zero-order valence-corrected chi connectivity index (χ0v) is 15.1. The highest BCUT2D eigenvalue weighted by molar-refractivity contribution is 8.00. The zero-order valence-electron chi connectivity index (χ0n) is 13.5. The Morgan fingerprint density at radius 1 is 1.35 bits per heavy atom. The van der Waals surface area contributed by atoms with Gasteiger partial charge in [-0.25, -0.2) is 15.0 Å². The molecule has 0 saturated carbocycles. The molecular formula is C14H18N6OS2. The minimum Gasteiger partial charge on any atom is -0.383 e. The summed E-state index contributed by atoms with van der Waals surface area (Å²) in [5, 5.41) is 7.96. The van der Waals surface area contributed by atoms with Crippen molar-refractivity contribution < 1.29 is 4.74 Å². The predicted octanol–water partition coefficient (Wildman–Crippen LogP) is 3.01. The quantitative estimate of drug-likeness (QED) is 0.685. The van der Waals surface area contributed by atoms with Crippen molar-refractivity contribution in [2.45, 2.75) is 24.7 Å². The van der Waals surface area contributed by atoms with Crippen LogP contribution in [0.5, 0.6) is 0 Å². The number of hydrogen-bond donors (Lipinski definition) is 1. The summed E-state index contributed by atoms with van der Waals surface area (Å²) in [6, 6.07) is 0. The van der Waals surface area contributed by atoms with Gasteiger partial charge >= 0.3 is 0 Å². The van der Waals surface area contributed by atoms with E-state index in [4.69, 9.17) is 4.74 Å². The van der Waals surface area contributed by atoms with Gasteiger partial charge in [-0.3, -0.25) is 4.68 Å². The van der Waals surface area contributed by atoms with Gasteiger partial charge in [-0.05, 0) is 20.1 Å². The molecule has 1 N–H and O–H groups in total. The van der Waals surface area contributed by atoms with Gasteiger partial charge in [-0.2, -0.15) is 5.10 Å². The maximum Gasteiger partial charge on any atom is 0.176 e. The Balaban J connectivity index is 1.96. The number of hydrogen-bond acceptors (Lipinski definition) is 8. The number of thioether (sulfide) groups is 1. The average Bonchev–Trinajstić information content (AvgIpc) is 3.09. The molecule has 0 radical (unpaired) electrons. The highest BCUT2D eigenvalue weighted by Crippen LogP contribution is 2.33. The van der Waals surface area contributed by atoms with E-state index < -0.39 is 0 Å². The second kappa shape index (κ2) is 6.81. The number of thiazole rings is 1. The molecule has 0 spiro atoms. The maximum atomic E-state index is 5.13. The van der Waals surface area contributed by atoms with Crippen LogP contribution in [0.1, 0.15) is 11.4 Å². The van der Waals surface area contributed by atoms with E-state index in [-0.39, 0.29) is 0 Å². The minimum atomic E-state index is 0.630. The first-order valence-electron chi connectivity index (χ1n) is 7.09. The Morgan fingerprint density at radius 2 is 2.17 bits per heavy atom. The van der Waals surface area contributed by atoms with Gasteiger partial charge < -0.3 is 10.1 Å². The number of nitrogens with one attached hydrogen (secondary N) is 1. The van der Waals surface area contributed by atoms with Crippen LogP contribution in [0.25, 0.3) is 10.3 Å². The van der Waals surface area contributed by atoms with E-state index in [0.717, 1.165) is 44.1 Å². The summed E-state index contributed by atoms with van der Waals surface area (Å²) in [6.45, 7) is 5.37. The molecule has 122 valence electrons. The molecule has 0 fully saturated rings. The van der Waals surface area contributed by atoms with Crippen LogP contribution < -0.4 is 5.32 Å². The minimum absolute atomic E-state index is 0.630. The van der Waals surface area contributed by atoms with Crippen LogP contribution in [0, 0.1) is 13.8 Å². The predicted molar refractivity (Wildman–Crippen MR) is 93.9 cm³/mol. The lowest BCUT2D eigenvalue weighted by Gasteiger charge is -2.07. The number of ether oxygens (including phenoxy) is 1. The second-order valence-corrected chi connectivity index (χ2v) is 7.00. The van der Waals surface area contributed by atoms with Gasteiger partial charge in [0.05, 0.1) is 30.2 Å². The molecule has 0 unspecified atom stereocenters. The molecular weight excluding hydrogens is 332 g/mol. The summed E-state index contributed by atoms with van der Waals surface area (Å²) < 4.78 is 9.01. The van der Waals surface area contributed by atoms with E-state index in [0.29, 0.717) is 6.61 Å². The highest BCUT2D eigenvalue weighted by Gasteiger charge is 2.15. The molecule has 23 heavy (non-hydrogen) atoms. The van der Waals surface area contributed by atoms with Gasteiger partial charge in [-0.1, -0.05) is 11.8 Å². The molecule has 0 aliphatic heterocycles. The maximum absolute atomic E-state index is 5.13. The number of aromatic nitrogens is 5. The summed E-state index contributed by atoms with van der Waals surface area (Å²) in [5.41, 5.74) is 3.68. The lowest BCUT2D eigenvalue weighted by Crippen LogP contribution is -2.07. The Kier molecular flexibility index (Phi) is 4.79. The Labute approximate surface area is 142 Å². The van der Waals surface area contributed by atoms with Crippen LogP contribution in [-0.4, -0.2) is 44.7 Å². The number of methoxy groups -OCH3 is 1. The molecule has 3 heterocycles. The number of fused-ring (bicyclic) bond motifs is 1. The van der Waals surface area contributed by atoms with Crippen molar-refractivity contribution in [1.29, 1.82) is 0 Å². The van der Waals surface area contributed by atoms with Crippen molar-refractivity contribution in [1.82, 2.24) is 24.7 Å². The lowest BCUT2D eigenvalue weighted by atomic mass is 10.3. The standard InChI is InChI=1S/C14H18N6OS2/c1-8-10(9(2)20(19-8)5-6-21-3)17-12-11-13(16-7-15-12)18-14(22-4)23-11/h7H,5-6H2,1-4H3,(H,15,16,17). The fourth-order valence-corrected chi connectivity index (χ4v) is 3.76. The zero-order chi connectivity index (χ0) is 16.4. The van der Waals surface area contributed by atoms with Crippen LogP contribution in [0.4, 0.5) is 11.5 Å². The molecule has 7 nitrogen and oxygen atoms in total. The first-order valence-corrected chi connectivity index (χ1v) is 9.13. The topological polar surface area (TPSA) is 77.8 Å². The summed E-state index contributed by atoms with van der Waals surface area (Å²) in [7, 11) is 1.69. The summed E-state index contributed by atoms with van der Waals surface area (Å²) in [4.78, 5) is 13.1. The van der Waals surface area contributed by atoms with E-state index in [1.165, 1.54) is 6.33 Å². The molecule has 0 atom stereocenters. The fraction of sp³-hybridized carbons (Fsp3) is 0.429. The number of aryl methyl sites for hydroxylation is 1. The van der Waals surface area contributed by atoms with Crippen molar-refractivity contribution in [3.05, 3.63) is 17.7 Å². The van der Waals surface area contributed by atoms with Crippen molar-refractivity contribution in [3.8, 4) is 0 Å². The van der Waals surface area contributed by atoms with Gasteiger partial charge in [0, 0.05) is 7.11 Å². The molecule has 0 saturated heterocycles.